The van der Waals surface area contributed by atoms with Crippen molar-refractivity contribution in [1.29, 1.82) is 0 Å². The first kappa shape index (κ1) is 34.1. The molecule has 0 bridgehead atoms. The van der Waals surface area contributed by atoms with E-state index in [0.29, 0.717) is 6.04 Å². The van der Waals surface area contributed by atoms with Gasteiger partial charge in [0.15, 0.2) is 8.32 Å². The van der Waals surface area contributed by atoms with Crippen molar-refractivity contribution in [2.75, 3.05) is 20.2 Å². The van der Waals surface area contributed by atoms with Gasteiger partial charge in [-0.25, -0.2) is 4.79 Å². The number of nitrogens with zero attached hydrogens (tertiary/aromatic N) is 2. The Morgan fingerprint density at radius 3 is 2.22 bits per heavy atom. The Morgan fingerprint density at radius 1 is 1.00 bits per heavy atom. The van der Waals surface area contributed by atoms with Crippen molar-refractivity contribution in [3.63, 3.8) is 0 Å². The van der Waals surface area contributed by atoms with E-state index in [4.69, 9.17) is 9.16 Å². The number of benzene rings is 1. The van der Waals surface area contributed by atoms with Crippen LogP contribution in [0.3, 0.4) is 0 Å². The van der Waals surface area contributed by atoms with Crippen LogP contribution in [0.5, 0.6) is 0 Å². The molecule has 0 unspecified atom stereocenters. The summed E-state index contributed by atoms with van der Waals surface area (Å²) in [7, 11) is 0.474. The SMILES string of the molecule is CN(CCCc1cn(CCO[Si](C)(C)C(C)(C)C)c2ccccc12)C1CCC(OC(C(=O)O)(c2cccs2)c2cccs2)CC1. The Kier molecular flexibility index (Phi) is 10.8. The molecule has 0 radical (unpaired) electrons. The van der Waals surface area contributed by atoms with E-state index >= 15 is 0 Å². The molecule has 1 saturated carbocycles. The predicted molar refractivity (Wildman–Crippen MR) is 190 cm³/mol. The van der Waals surface area contributed by atoms with E-state index in [2.05, 4.69) is 80.8 Å². The van der Waals surface area contributed by atoms with Crippen molar-refractivity contribution in [2.24, 2.45) is 0 Å². The van der Waals surface area contributed by atoms with Crippen molar-refractivity contribution in [3.8, 4) is 0 Å². The van der Waals surface area contributed by atoms with Gasteiger partial charge in [-0.15, -0.1) is 22.7 Å². The Morgan fingerprint density at radius 2 is 1.64 bits per heavy atom. The predicted octanol–water partition coefficient (Wildman–Crippen LogP) is 9.01. The van der Waals surface area contributed by atoms with E-state index < -0.39 is 19.9 Å². The average Bonchev–Trinajstić information content (AvgIpc) is 3.79. The Labute approximate surface area is 278 Å². The third-order valence-electron chi connectivity index (χ3n) is 10.1. The maximum atomic E-state index is 12.8. The number of rotatable bonds is 14. The lowest BCUT2D eigenvalue weighted by Crippen LogP contribution is -2.44. The standard InChI is InChI=1S/C36H50N2O4S2Si/c1-35(2,3)45(5,6)41-23-22-38-26-27(30-13-7-8-14-31(30)38)12-9-21-37(4)28-17-19-29(20-18-28)42-36(34(39)40,32-15-10-24-43-32)33-16-11-25-44-33/h7-8,10-11,13-16,24-26,28-29H,9,12,17-23H2,1-6H3,(H,39,40). The summed E-state index contributed by atoms with van der Waals surface area (Å²) in [6, 6.07) is 16.8. The first-order valence-corrected chi connectivity index (χ1v) is 21.0. The van der Waals surface area contributed by atoms with Gasteiger partial charge in [0, 0.05) is 29.7 Å². The minimum atomic E-state index is -1.77. The van der Waals surface area contributed by atoms with Gasteiger partial charge in [0.05, 0.1) is 22.5 Å². The second-order valence-corrected chi connectivity index (χ2v) is 20.8. The Balaban J connectivity index is 1.15. The molecule has 0 saturated heterocycles. The summed E-state index contributed by atoms with van der Waals surface area (Å²) in [6.07, 6.45) is 8.16. The molecule has 6 nitrogen and oxygen atoms in total. The molecule has 45 heavy (non-hydrogen) atoms. The number of carbonyl (C=O) groups is 1. The largest absolute Gasteiger partial charge is 0.479 e. The summed E-state index contributed by atoms with van der Waals surface area (Å²) < 4.78 is 15.5. The van der Waals surface area contributed by atoms with Gasteiger partial charge < -0.3 is 23.7 Å². The number of carboxylic acids is 1. The summed E-state index contributed by atoms with van der Waals surface area (Å²) in [5.41, 5.74) is 1.28. The van der Waals surface area contributed by atoms with E-state index in [-0.39, 0.29) is 11.1 Å². The first-order chi connectivity index (χ1) is 21.4. The van der Waals surface area contributed by atoms with Gasteiger partial charge in [0.2, 0.25) is 5.60 Å². The molecule has 0 spiro atoms. The van der Waals surface area contributed by atoms with E-state index in [0.717, 1.165) is 68.0 Å². The van der Waals surface area contributed by atoms with Gasteiger partial charge in [-0.2, -0.15) is 0 Å². The monoisotopic (exact) mass is 666 g/mol. The average molecular weight is 667 g/mol. The maximum Gasteiger partial charge on any atom is 0.347 e. The second-order valence-electron chi connectivity index (χ2n) is 14.0. The fourth-order valence-corrected chi connectivity index (χ4v) is 9.18. The molecule has 9 heteroatoms. The minimum absolute atomic E-state index is 0.0818. The van der Waals surface area contributed by atoms with E-state index in [1.165, 1.54) is 39.1 Å². The van der Waals surface area contributed by atoms with Gasteiger partial charge in [0.1, 0.15) is 0 Å². The molecular weight excluding hydrogens is 617 g/mol. The Bertz CT molecular complexity index is 1480. The highest BCUT2D eigenvalue weighted by molar-refractivity contribution is 7.12. The molecule has 4 aromatic rings. The fourth-order valence-electron chi connectivity index (χ4n) is 6.33. The highest BCUT2D eigenvalue weighted by atomic mass is 32.1. The summed E-state index contributed by atoms with van der Waals surface area (Å²) in [6.45, 7) is 14.2. The topological polar surface area (TPSA) is 63.9 Å². The first-order valence-electron chi connectivity index (χ1n) is 16.3. The van der Waals surface area contributed by atoms with E-state index in [9.17, 15) is 9.90 Å². The number of para-hydroxylation sites is 1. The zero-order valence-electron chi connectivity index (χ0n) is 27.8. The van der Waals surface area contributed by atoms with Crippen LogP contribution in [0.15, 0.2) is 65.5 Å². The molecule has 3 aromatic heterocycles. The van der Waals surface area contributed by atoms with Crippen molar-refractivity contribution in [2.45, 2.75) is 102 Å². The Hall–Kier alpha value is -2.27. The van der Waals surface area contributed by atoms with Crippen LogP contribution >= 0.6 is 22.7 Å². The minimum Gasteiger partial charge on any atom is -0.479 e. The lowest BCUT2D eigenvalue weighted by atomic mass is 9.90. The number of hydrogen-bond donors (Lipinski definition) is 1. The van der Waals surface area contributed by atoms with Crippen molar-refractivity contribution < 1.29 is 19.1 Å². The number of ether oxygens (including phenoxy) is 1. The van der Waals surface area contributed by atoms with E-state index in [1.54, 1.807) is 0 Å². The normalized spacial score (nSPS) is 18.2. The third-order valence-corrected chi connectivity index (χ3v) is 16.6. The molecule has 1 aliphatic rings. The van der Waals surface area contributed by atoms with Gasteiger partial charge in [-0.05, 0) is 105 Å². The summed E-state index contributed by atoms with van der Waals surface area (Å²) in [5, 5.41) is 15.9. The number of aromatic nitrogens is 1. The third kappa shape index (κ3) is 7.50. The summed E-state index contributed by atoms with van der Waals surface area (Å²) in [5.74, 6) is -0.934. The van der Waals surface area contributed by atoms with Crippen LogP contribution in [0, 0.1) is 0 Å². The van der Waals surface area contributed by atoms with Gasteiger partial charge in [0.25, 0.3) is 0 Å². The molecule has 1 aromatic carbocycles. The maximum absolute atomic E-state index is 12.8. The zero-order chi connectivity index (χ0) is 32.2. The lowest BCUT2D eigenvalue weighted by Gasteiger charge is -2.38. The van der Waals surface area contributed by atoms with Crippen molar-refractivity contribution in [3.05, 3.63) is 80.8 Å². The molecule has 5 rings (SSSR count). The van der Waals surface area contributed by atoms with Crippen molar-refractivity contribution >= 4 is 47.9 Å². The van der Waals surface area contributed by atoms with Crippen LogP contribution in [0.25, 0.3) is 10.9 Å². The number of hydrogen-bond acceptors (Lipinski definition) is 6. The second kappa shape index (κ2) is 14.2. The smallest absolute Gasteiger partial charge is 0.347 e. The molecule has 0 amide bonds. The zero-order valence-corrected chi connectivity index (χ0v) is 30.4. The molecule has 1 N–H and O–H groups in total. The van der Waals surface area contributed by atoms with Crippen molar-refractivity contribution in [1.82, 2.24) is 9.47 Å². The molecule has 244 valence electrons. The number of thiophene rings is 2. The molecule has 0 atom stereocenters. The number of carboxylic acid groups (broad SMARTS) is 1. The van der Waals surface area contributed by atoms with Crippen LogP contribution in [0.2, 0.25) is 18.1 Å². The van der Waals surface area contributed by atoms with Crippen LogP contribution in [-0.4, -0.2) is 61.2 Å². The summed E-state index contributed by atoms with van der Waals surface area (Å²) in [4.78, 5) is 16.8. The van der Waals surface area contributed by atoms with Gasteiger partial charge in [-0.1, -0.05) is 51.1 Å². The molecular formula is C36H50N2O4S2Si. The quantitative estimate of drug-likeness (QED) is 0.136. The highest BCUT2D eigenvalue weighted by Gasteiger charge is 2.48. The van der Waals surface area contributed by atoms with Crippen LogP contribution < -0.4 is 0 Å². The molecule has 0 aliphatic heterocycles. The lowest BCUT2D eigenvalue weighted by molar-refractivity contribution is -0.170. The number of aryl methyl sites for hydroxylation is 1. The van der Waals surface area contributed by atoms with E-state index in [1.807, 2.05) is 35.0 Å². The summed E-state index contributed by atoms with van der Waals surface area (Å²) >= 11 is 2.90. The number of aliphatic carboxylic acids is 1. The van der Waals surface area contributed by atoms with Crippen LogP contribution in [0.1, 0.15) is 68.2 Å². The van der Waals surface area contributed by atoms with Crippen LogP contribution in [-0.2, 0) is 32.5 Å². The fraction of sp³-hybridized carbons (Fsp3) is 0.528. The van der Waals surface area contributed by atoms with Gasteiger partial charge >= 0.3 is 5.97 Å². The highest BCUT2D eigenvalue weighted by Crippen LogP contribution is 2.42. The molecule has 1 fully saturated rings. The van der Waals surface area contributed by atoms with Crippen LogP contribution in [0.4, 0.5) is 0 Å². The van der Waals surface area contributed by atoms with Gasteiger partial charge in [-0.3, -0.25) is 0 Å². The number of fused-ring (bicyclic) bond motifs is 1. The molecule has 3 heterocycles. The molecule has 1 aliphatic carbocycles.